The smallest absolute Gasteiger partial charge is 0.263 e. The van der Waals surface area contributed by atoms with E-state index in [1.165, 1.54) is 48.7 Å². The molecule has 0 atom stereocenters. The lowest BCUT2D eigenvalue weighted by molar-refractivity contribution is 0.600. The summed E-state index contributed by atoms with van der Waals surface area (Å²) < 4.78 is 54.2. The van der Waals surface area contributed by atoms with E-state index in [-0.39, 0.29) is 21.3 Å². The fourth-order valence-electron chi connectivity index (χ4n) is 2.23. The molecular weight excluding hydrogens is 388 g/mol. The van der Waals surface area contributed by atoms with Crippen LogP contribution < -0.4 is 9.44 Å². The van der Waals surface area contributed by atoms with Crippen molar-refractivity contribution in [1.82, 2.24) is 9.97 Å². The Bertz CT molecular complexity index is 1150. The molecule has 0 amide bonds. The van der Waals surface area contributed by atoms with Gasteiger partial charge in [0, 0.05) is 11.9 Å². The van der Waals surface area contributed by atoms with E-state index in [1.54, 1.807) is 25.1 Å². The lowest BCUT2D eigenvalue weighted by atomic mass is 10.3. The number of hydrogen-bond acceptors (Lipinski definition) is 6. The van der Waals surface area contributed by atoms with Crippen molar-refractivity contribution in [2.24, 2.45) is 0 Å². The zero-order chi connectivity index (χ0) is 19.5. The van der Waals surface area contributed by atoms with E-state index in [0.717, 1.165) is 0 Å². The zero-order valence-corrected chi connectivity index (χ0v) is 15.8. The van der Waals surface area contributed by atoms with E-state index in [4.69, 9.17) is 0 Å². The van der Waals surface area contributed by atoms with Gasteiger partial charge in [-0.3, -0.25) is 9.44 Å². The maximum absolute atomic E-state index is 12.4. The van der Waals surface area contributed by atoms with Gasteiger partial charge in [0.25, 0.3) is 20.0 Å². The highest BCUT2D eigenvalue weighted by Crippen LogP contribution is 2.20. The molecule has 10 heteroatoms. The van der Waals surface area contributed by atoms with Gasteiger partial charge in [-0.25, -0.2) is 26.8 Å². The predicted molar refractivity (Wildman–Crippen MR) is 101 cm³/mol. The highest BCUT2D eigenvalue weighted by atomic mass is 32.2. The van der Waals surface area contributed by atoms with Crippen molar-refractivity contribution in [3.63, 3.8) is 0 Å². The number of sulfonamides is 2. The molecule has 0 aliphatic carbocycles. The molecule has 0 bridgehead atoms. The second-order valence-electron chi connectivity index (χ2n) is 5.54. The fraction of sp³-hybridized carbons (Fsp3) is 0.0588. The van der Waals surface area contributed by atoms with Crippen LogP contribution in [0.4, 0.5) is 11.5 Å². The second-order valence-corrected chi connectivity index (χ2v) is 8.90. The Morgan fingerprint density at radius 2 is 1.33 bits per heavy atom. The van der Waals surface area contributed by atoms with Gasteiger partial charge in [-0.2, -0.15) is 0 Å². The molecule has 0 saturated heterocycles. The molecule has 0 radical (unpaired) electrons. The van der Waals surface area contributed by atoms with Crippen LogP contribution in [0.15, 0.2) is 76.7 Å². The average molecular weight is 404 g/mol. The van der Waals surface area contributed by atoms with E-state index in [9.17, 15) is 16.8 Å². The molecule has 2 aromatic carbocycles. The first-order chi connectivity index (χ1) is 12.8. The Balaban J connectivity index is 1.79. The van der Waals surface area contributed by atoms with Gasteiger partial charge in [-0.15, -0.1) is 0 Å². The molecule has 3 rings (SSSR count). The molecule has 140 valence electrons. The van der Waals surface area contributed by atoms with Crippen molar-refractivity contribution in [1.29, 1.82) is 0 Å². The minimum atomic E-state index is -3.86. The van der Waals surface area contributed by atoms with Crippen molar-refractivity contribution >= 4 is 31.6 Å². The molecule has 1 heterocycles. The first-order valence-electron chi connectivity index (χ1n) is 7.77. The maximum atomic E-state index is 12.4. The summed E-state index contributed by atoms with van der Waals surface area (Å²) >= 11 is 0. The lowest BCUT2D eigenvalue weighted by Crippen LogP contribution is -2.15. The largest absolute Gasteiger partial charge is 0.280 e. The van der Waals surface area contributed by atoms with Crippen molar-refractivity contribution in [2.45, 2.75) is 16.7 Å². The summed E-state index contributed by atoms with van der Waals surface area (Å²) in [6.07, 6.45) is 1.45. The second kappa shape index (κ2) is 7.33. The van der Waals surface area contributed by atoms with Crippen molar-refractivity contribution in [2.75, 3.05) is 9.44 Å². The van der Waals surface area contributed by atoms with E-state index in [2.05, 4.69) is 19.4 Å². The Hall–Kier alpha value is -2.98. The summed E-state index contributed by atoms with van der Waals surface area (Å²) in [4.78, 5) is 7.98. The average Bonchev–Trinajstić information content (AvgIpc) is 2.62. The number of hydrogen-bond donors (Lipinski definition) is 2. The molecule has 0 aliphatic heterocycles. The maximum Gasteiger partial charge on any atom is 0.263 e. The third-order valence-electron chi connectivity index (χ3n) is 3.49. The Kier molecular flexibility index (Phi) is 5.10. The summed E-state index contributed by atoms with van der Waals surface area (Å²) in [5, 5.41) is 0. The zero-order valence-electron chi connectivity index (χ0n) is 14.2. The molecular formula is C17H16N4O4S2. The fourth-order valence-corrected chi connectivity index (χ4v) is 4.31. The summed E-state index contributed by atoms with van der Waals surface area (Å²) in [5.41, 5.74) is 0.246. The van der Waals surface area contributed by atoms with Crippen LogP contribution in [0, 0.1) is 6.92 Å². The number of aromatic nitrogens is 2. The Morgan fingerprint density at radius 3 is 1.96 bits per heavy atom. The number of nitrogens with zero attached hydrogens (tertiary/aromatic N) is 2. The van der Waals surface area contributed by atoms with E-state index in [1.807, 2.05) is 0 Å². The quantitative estimate of drug-likeness (QED) is 0.651. The molecule has 0 spiro atoms. The van der Waals surface area contributed by atoms with Gasteiger partial charge in [0.2, 0.25) is 0 Å². The minimum Gasteiger partial charge on any atom is -0.280 e. The molecule has 1 aromatic heterocycles. The molecule has 8 nitrogen and oxygen atoms in total. The van der Waals surface area contributed by atoms with Crippen LogP contribution in [-0.4, -0.2) is 26.8 Å². The molecule has 2 N–H and O–H groups in total. The van der Waals surface area contributed by atoms with Gasteiger partial charge in [0.15, 0.2) is 0 Å². The lowest BCUT2D eigenvalue weighted by Gasteiger charge is -2.10. The number of nitrogens with one attached hydrogen (secondary N) is 2. The van der Waals surface area contributed by atoms with Gasteiger partial charge in [-0.05, 0) is 49.4 Å². The third kappa shape index (κ3) is 4.60. The third-order valence-corrected chi connectivity index (χ3v) is 6.25. The normalized spacial score (nSPS) is 11.7. The first-order valence-corrected chi connectivity index (χ1v) is 10.7. The summed E-state index contributed by atoms with van der Waals surface area (Å²) in [6.45, 7) is 1.64. The molecule has 0 saturated carbocycles. The summed E-state index contributed by atoms with van der Waals surface area (Å²) in [6, 6.07) is 14.7. The van der Waals surface area contributed by atoms with Crippen LogP contribution in [0.3, 0.4) is 0 Å². The van der Waals surface area contributed by atoms with Crippen LogP contribution in [0.5, 0.6) is 0 Å². The highest BCUT2D eigenvalue weighted by molar-refractivity contribution is 7.93. The van der Waals surface area contributed by atoms with E-state index in [0.29, 0.717) is 5.82 Å². The summed E-state index contributed by atoms with van der Waals surface area (Å²) in [7, 11) is -7.61. The number of anilines is 2. The van der Waals surface area contributed by atoms with Crippen LogP contribution >= 0.6 is 0 Å². The first kappa shape index (κ1) is 18.8. The van der Waals surface area contributed by atoms with Gasteiger partial charge in [0.1, 0.15) is 11.6 Å². The molecule has 0 aliphatic rings. The van der Waals surface area contributed by atoms with Gasteiger partial charge in [-0.1, -0.05) is 18.2 Å². The summed E-state index contributed by atoms with van der Waals surface area (Å²) in [5.74, 6) is 0.581. The van der Waals surface area contributed by atoms with E-state index < -0.39 is 20.0 Å². The Labute approximate surface area is 157 Å². The molecule has 3 aromatic rings. The number of aryl methyl sites for hydroxylation is 1. The minimum absolute atomic E-state index is 0.0265. The molecule has 27 heavy (non-hydrogen) atoms. The Morgan fingerprint density at radius 1 is 0.741 bits per heavy atom. The van der Waals surface area contributed by atoms with Gasteiger partial charge in [0.05, 0.1) is 9.79 Å². The van der Waals surface area contributed by atoms with Crippen LogP contribution in [0.2, 0.25) is 0 Å². The van der Waals surface area contributed by atoms with Crippen molar-refractivity contribution < 1.29 is 16.8 Å². The highest BCUT2D eigenvalue weighted by Gasteiger charge is 2.17. The van der Waals surface area contributed by atoms with Crippen molar-refractivity contribution in [3.05, 3.63) is 72.7 Å². The SMILES string of the molecule is Cc1nccc(NS(=O)(=O)c2ccc(NS(=O)(=O)c3ccccc3)cc2)n1. The monoisotopic (exact) mass is 404 g/mol. The van der Waals surface area contributed by atoms with Gasteiger partial charge < -0.3 is 0 Å². The number of rotatable bonds is 6. The number of benzene rings is 2. The van der Waals surface area contributed by atoms with Crippen molar-refractivity contribution in [3.8, 4) is 0 Å². The molecule has 0 fully saturated rings. The molecule has 0 unspecified atom stereocenters. The van der Waals surface area contributed by atoms with Gasteiger partial charge >= 0.3 is 0 Å². The van der Waals surface area contributed by atoms with Crippen LogP contribution in [0.1, 0.15) is 5.82 Å². The topological polar surface area (TPSA) is 118 Å². The standard InChI is InChI=1S/C17H16N4O4S2/c1-13-18-12-11-17(19-13)21-27(24,25)16-9-7-14(8-10-16)20-26(22,23)15-5-3-2-4-6-15/h2-12,20H,1H3,(H,18,19,21). The van der Waals surface area contributed by atoms with E-state index >= 15 is 0 Å². The predicted octanol–water partition coefficient (Wildman–Crippen LogP) is 2.39. The van der Waals surface area contributed by atoms with Crippen LogP contribution in [0.25, 0.3) is 0 Å². The van der Waals surface area contributed by atoms with Crippen LogP contribution in [-0.2, 0) is 20.0 Å².